The number of amidine groups is 1. The fourth-order valence-electron chi connectivity index (χ4n) is 1.03. The van der Waals surface area contributed by atoms with E-state index in [1.807, 2.05) is 23.9 Å². The number of thioether (sulfide) groups is 1. The fourth-order valence-corrected chi connectivity index (χ4v) is 1.86. The quantitative estimate of drug-likeness (QED) is 0.372. The molecule has 1 rings (SSSR count). The Bertz CT molecular complexity index is 322. The maximum atomic E-state index is 5.54. The Morgan fingerprint density at radius 2 is 2.07 bits per heavy atom. The normalized spacial score (nSPS) is 11.7. The van der Waals surface area contributed by atoms with Crippen LogP contribution in [0.2, 0.25) is 0 Å². The monoisotopic (exact) mass is 242 g/mol. The molecular formula is C11H15ClN2S. The molecule has 15 heavy (non-hydrogen) atoms. The number of nitrogens with two attached hydrogens (primary N) is 1. The summed E-state index contributed by atoms with van der Waals surface area (Å²) in [5.41, 5.74) is 6.39. The first-order chi connectivity index (χ1) is 7.26. The van der Waals surface area contributed by atoms with Crippen LogP contribution in [0.3, 0.4) is 0 Å². The van der Waals surface area contributed by atoms with Crippen molar-refractivity contribution < 1.29 is 0 Å². The van der Waals surface area contributed by atoms with E-state index in [1.165, 1.54) is 11.3 Å². The van der Waals surface area contributed by atoms with Crippen molar-refractivity contribution in [3.8, 4) is 0 Å². The van der Waals surface area contributed by atoms with Gasteiger partial charge in [0, 0.05) is 4.90 Å². The Kier molecular flexibility index (Phi) is 5.58. The van der Waals surface area contributed by atoms with Crippen LogP contribution in [0.4, 0.5) is 5.69 Å². The van der Waals surface area contributed by atoms with Crippen LogP contribution in [0.25, 0.3) is 0 Å². The molecule has 0 aliphatic carbocycles. The standard InChI is InChI=1S/C11H15ClN2S/c1-2-7-15-10-5-3-9(4-6-10)14-11(13)8-12/h3-6H,2,7-8H2,1H3,(H2,13,14). The lowest BCUT2D eigenvalue weighted by Crippen LogP contribution is -2.12. The van der Waals surface area contributed by atoms with Crippen LogP contribution < -0.4 is 5.73 Å². The highest BCUT2D eigenvalue weighted by molar-refractivity contribution is 7.99. The Morgan fingerprint density at radius 1 is 1.40 bits per heavy atom. The van der Waals surface area contributed by atoms with Crippen LogP contribution >= 0.6 is 23.4 Å². The number of aliphatic imine (C=N–C) groups is 1. The van der Waals surface area contributed by atoms with Gasteiger partial charge in [-0.3, -0.25) is 0 Å². The number of halogens is 1. The fraction of sp³-hybridized carbons (Fsp3) is 0.364. The van der Waals surface area contributed by atoms with Crippen molar-refractivity contribution in [1.29, 1.82) is 0 Å². The smallest absolute Gasteiger partial charge is 0.115 e. The van der Waals surface area contributed by atoms with E-state index in [-0.39, 0.29) is 5.88 Å². The van der Waals surface area contributed by atoms with Gasteiger partial charge < -0.3 is 5.73 Å². The predicted octanol–water partition coefficient (Wildman–Crippen LogP) is 3.42. The minimum absolute atomic E-state index is 0.270. The molecule has 0 spiro atoms. The number of nitrogens with zero attached hydrogens (tertiary/aromatic N) is 1. The molecule has 1 aromatic rings. The number of hydrogen-bond donors (Lipinski definition) is 1. The second kappa shape index (κ2) is 6.75. The summed E-state index contributed by atoms with van der Waals surface area (Å²) < 4.78 is 0. The van der Waals surface area contributed by atoms with E-state index in [0.717, 1.165) is 11.4 Å². The van der Waals surface area contributed by atoms with Gasteiger partial charge in [-0.25, -0.2) is 4.99 Å². The second-order valence-corrected chi connectivity index (χ2v) is 4.51. The highest BCUT2D eigenvalue weighted by Gasteiger charge is 1.95. The summed E-state index contributed by atoms with van der Waals surface area (Å²) in [5, 5.41) is 0. The van der Waals surface area contributed by atoms with Crippen LogP contribution in [0.5, 0.6) is 0 Å². The maximum Gasteiger partial charge on any atom is 0.115 e. The molecule has 2 N–H and O–H groups in total. The van der Waals surface area contributed by atoms with Gasteiger partial charge in [0.2, 0.25) is 0 Å². The van der Waals surface area contributed by atoms with Crippen molar-refractivity contribution in [3.05, 3.63) is 24.3 Å². The SMILES string of the molecule is CCCSc1ccc(N=C(N)CCl)cc1. The molecule has 0 fully saturated rings. The molecule has 0 aromatic heterocycles. The molecule has 2 nitrogen and oxygen atoms in total. The topological polar surface area (TPSA) is 38.4 Å². The highest BCUT2D eigenvalue weighted by atomic mass is 35.5. The van der Waals surface area contributed by atoms with Gasteiger partial charge in [-0.05, 0) is 36.4 Å². The Labute approximate surface area is 99.9 Å². The molecule has 1 aromatic carbocycles. The van der Waals surface area contributed by atoms with Crippen LogP contribution in [-0.4, -0.2) is 17.5 Å². The van der Waals surface area contributed by atoms with Gasteiger partial charge in [0.05, 0.1) is 11.6 Å². The van der Waals surface area contributed by atoms with Crippen molar-refractivity contribution >= 4 is 34.9 Å². The van der Waals surface area contributed by atoms with Gasteiger partial charge in [-0.2, -0.15) is 0 Å². The van der Waals surface area contributed by atoms with Crippen LogP contribution in [-0.2, 0) is 0 Å². The predicted molar refractivity (Wildman–Crippen MR) is 69.5 cm³/mol. The summed E-state index contributed by atoms with van der Waals surface area (Å²) in [7, 11) is 0. The Hall–Kier alpha value is -0.670. The molecule has 4 heteroatoms. The molecule has 0 unspecified atom stereocenters. The van der Waals surface area contributed by atoms with Crippen molar-refractivity contribution in [2.24, 2.45) is 10.7 Å². The van der Waals surface area contributed by atoms with E-state index in [0.29, 0.717) is 5.84 Å². The molecule has 0 heterocycles. The van der Waals surface area contributed by atoms with Crippen LogP contribution in [0, 0.1) is 0 Å². The van der Waals surface area contributed by atoms with E-state index in [9.17, 15) is 0 Å². The van der Waals surface area contributed by atoms with Crippen molar-refractivity contribution in [2.45, 2.75) is 18.2 Å². The minimum atomic E-state index is 0.270. The lowest BCUT2D eigenvalue weighted by Gasteiger charge is -2.00. The zero-order valence-electron chi connectivity index (χ0n) is 8.74. The average Bonchev–Trinajstić information content (AvgIpc) is 2.28. The van der Waals surface area contributed by atoms with E-state index < -0.39 is 0 Å². The summed E-state index contributed by atoms with van der Waals surface area (Å²) in [5.74, 6) is 1.87. The van der Waals surface area contributed by atoms with Crippen molar-refractivity contribution in [1.82, 2.24) is 0 Å². The number of alkyl halides is 1. The van der Waals surface area contributed by atoms with Gasteiger partial charge in [-0.15, -0.1) is 23.4 Å². The van der Waals surface area contributed by atoms with Gasteiger partial charge >= 0.3 is 0 Å². The van der Waals surface area contributed by atoms with Crippen molar-refractivity contribution in [3.63, 3.8) is 0 Å². The van der Waals surface area contributed by atoms with E-state index in [2.05, 4.69) is 24.0 Å². The molecule has 0 saturated carbocycles. The summed E-state index contributed by atoms with van der Waals surface area (Å²) in [6, 6.07) is 8.02. The van der Waals surface area contributed by atoms with Crippen LogP contribution in [0.15, 0.2) is 34.2 Å². The number of benzene rings is 1. The first kappa shape index (κ1) is 12.4. The molecule has 0 aliphatic rings. The average molecular weight is 243 g/mol. The maximum absolute atomic E-state index is 5.54. The number of hydrogen-bond acceptors (Lipinski definition) is 2. The van der Waals surface area contributed by atoms with Gasteiger partial charge in [0.25, 0.3) is 0 Å². The molecular weight excluding hydrogens is 228 g/mol. The zero-order chi connectivity index (χ0) is 11.1. The van der Waals surface area contributed by atoms with Crippen molar-refractivity contribution in [2.75, 3.05) is 11.6 Å². The Morgan fingerprint density at radius 3 is 2.60 bits per heavy atom. The summed E-state index contributed by atoms with van der Waals surface area (Å²) in [4.78, 5) is 5.42. The molecule has 0 aliphatic heterocycles. The molecule has 0 amide bonds. The molecule has 0 saturated heterocycles. The first-order valence-electron chi connectivity index (χ1n) is 4.88. The third-order valence-corrected chi connectivity index (χ3v) is 3.21. The third kappa shape index (κ3) is 4.58. The molecule has 0 atom stereocenters. The Balaban J connectivity index is 2.64. The minimum Gasteiger partial charge on any atom is -0.386 e. The molecule has 0 bridgehead atoms. The summed E-state index contributed by atoms with van der Waals surface area (Å²) in [6.07, 6.45) is 1.18. The third-order valence-electron chi connectivity index (χ3n) is 1.72. The lowest BCUT2D eigenvalue weighted by atomic mass is 10.3. The molecule has 82 valence electrons. The summed E-state index contributed by atoms with van der Waals surface area (Å²) >= 11 is 7.39. The summed E-state index contributed by atoms with van der Waals surface area (Å²) in [6.45, 7) is 2.17. The number of rotatable bonds is 5. The van der Waals surface area contributed by atoms with Gasteiger partial charge in [0.15, 0.2) is 0 Å². The van der Waals surface area contributed by atoms with E-state index >= 15 is 0 Å². The highest BCUT2D eigenvalue weighted by Crippen LogP contribution is 2.22. The first-order valence-corrected chi connectivity index (χ1v) is 6.40. The zero-order valence-corrected chi connectivity index (χ0v) is 10.3. The van der Waals surface area contributed by atoms with Gasteiger partial charge in [0.1, 0.15) is 5.84 Å². The van der Waals surface area contributed by atoms with E-state index in [1.54, 1.807) is 0 Å². The van der Waals surface area contributed by atoms with Crippen LogP contribution in [0.1, 0.15) is 13.3 Å². The lowest BCUT2D eigenvalue weighted by molar-refractivity contribution is 1.10. The molecule has 0 radical (unpaired) electrons. The van der Waals surface area contributed by atoms with Gasteiger partial charge in [-0.1, -0.05) is 6.92 Å². The second-order valence-electron chi connectivity index (χ2n) is 3.08. The largest absolute Gasteiger partial charge is 0.386 e. The van der Waals surface area contributed by atoms with E-state index in [4.69, 9.17) is 17.3 Å².